The second kappa shape index (κ2) is 31.9. The van der Waals surface area contributed by atoms with Gasteiger partial charge in [-0.1, -0.05) is 141 Å². The molecule has 0 fully saturated rings. The Labute approximate surface area is 291 Å². The lowest BCUT2D eigenvalue weighted by Gasteiger charge is -1.96. The van der Waals surface area contributed by atoms with Crippen molar-refractivity contribution >= 4 is 34.1 Å². The summed E-state index contributed by atoms with van der Waals surface area (Å²) in [4.78, 5) is 0. The lowest BCUT2D eigenvalue weighted by molar-refractivity contribution is 1.21. The van der Waals surface area contributed by atoms with E-state index in [0.717, 1.165) is 34.1 Å². The van der Waals surface area contributed by atoms with Crippen molar-refractivity contribution in [2.24, 2.45) is 30.7 Å². The SMILES string of the molecule is CC.CC.CC.CC.CC.Cc1ccc(N=Nc2ccc(N=Nc3ccccc3)cc2)cc1.Cc1ccc(N=Nc2ccccc2)cc1. The fourth-order valence-electron chi connectivity index (χ4n) is 3.14. The zero-order valence-electron chi connectivity index (χ0n) is 31.4. The lowest BCUT2D eigenvalue weighted by atomic mass is 10.2. The molecule has 0 aliphatic heterocycles. The summed E-state index contributed by atoms with van der Waals surface area (Å²) >= 11 is 0. The molecule has 0 unspecified atom stereocenters. The third-order valence-electron chi connectivity index (χ3n) is 5.27. The second-order valence-electron chi connectivity index (χ2n) is 8.46. The van der Waals surface area contributed by atoms with Crippen LogP contribution in [0.1, 0.15) is 80.4 Å². The Kier molecular flexibility index (Phi) is 29.9. The molecule has 256 valence electrons. The fraction of sp³-hybridized carbons (Fsp3) is 0.286. The average molecular weight is 647 g/mol. The van der Waals surface area contributed by atoms with Gasteiger partial charge in [0.2, 0.25) is 0 Å². The quantitative estimate of drug-likeness (QED) is 0.165. The number of rotatable bonds is 6. The van der Waals surface area contributed by atoms with Crippen LogP contribution in [0.25, 0.3) is 0 Å². The minimum Gasteiger partial charge on any atom is -0.151 e. The minimum atomic E-state index is 0.781. The maximum atomic E-state index is 4.22. The molecule has 0 aromatic heterocycles. The Bertz CT molecular complexity index is 1480. The maximum absolute atomic E-state index is 4.22. The van der Waals surface area contributed by atoms with Crippen LogP contribution in [0.5, 0.6) is 0 Å². The number of benzene rings is 5. The van der Waals surface area contributed by atoms with Gasteiger partial charge in [0.05, 0.1) is 34.1 Å². The van der Waals surface area contributed by atoms with E-state index in [1.807, 2.05) is 210 Å². The van der Waals surface area contributed by atoms with Crippen LogP contribution in [0.15, 0.2) is 164 Å². The molecule has 0 atom stereocenters. The van der Waals surface area contributed by atoms with E-state index in [4.69, 9.17) is 0 Å². The second-order valence-corrected chi connectivity index (χ2v) is 8.46. The summed E-state index contributed by atoms with van der Waals surface area (Å²) in [6, 6.07) is 42.7. The maximum Gasteiger partial charge on any atom is 0.0858 e. The van der Waals surface area contributed by atoms with Gasteiger partial charge in [-0.25, -0.2) is 0 Å². The largest absolute Gasteiger partial charge is 0.151 e. The first kappa shape index (κ1) is 45.0. The van der Waals surface area contributed by atoms with E-state index in [1.54, 1.807) is 0 Å². The van der Waals surface area contributed by atoms with Crippen molar-refractivity contribution in [3.63, 3.8) is 0 Å². The van der Waals surface area contributed by atoms with Crippen molar-refractivity contribution in [1.82, 2.24) is 0 Å². The molecule has 5 aromatic rings. The van der Waals surface area contributed by atoms with Crippen molar-refractivity contribution in [3.8, 4) is 0 Å². The zero-order valence-corrected chi connectivity index (χ0v) is 31.4. The number of azo groups is 3. The predicted molar refractivity (Wildman–Crippen MR) is 211 cm³/mol. The molecule has 0 spiro atoms. The van der Waals surface area contributed by atoms with Gasteiger partial charge in [-0.05, 0) is 86.6 Å². The van der Waals surface area contributed by atoms with Gasteiger partial charge in [0.15, 0.2) is 0 Å². The third kappa shape index (κ3) is 20.8. The monoisotopic (exact) mass is 646 g/mol. The van der Waals surface area contributed by atoms with E-state index < -0.39 is 0 Å². The van der Waals surface area contributed by atoms with Crippen molar-refractivity contribution in [2.45, 2.75) is 83.1 Å². The topological polar surface area (TPSA) is 74.2 Å². The summed E-state index contributed by atoms with van der Waals surface area (Å²) in [5, 5.41) is 25.1. The zero-order chi connectivity index (χ0) is 36.4. The van der Waals surface area contributed by atoms with Crippen molar-refractivity contribution < 1.29 is 0 Å². The highest BCUT2D eigenvalue weighted by Gasteiger charge is 1.94. The Hall–Kier alpha value is -5.10. The molecule has 0 radical (unpaired) electrons. The van der Waals surface area contributed by atoms with Gasteiger partial charge in [0.1, 0.15) is 0 Å². The van der Waals surface area contributed by atoms with Gasteiger partial charge in [-0.2, -0.15) is 30.7 Å². The van der Waals surface area contributed by atoms with Crippen LogP contribution < -0.4 is 0 Å². The molecule has 0 amide bonds. The van der Waals surface area contributed by atoms with Crippen LogP contribution in [0.2, 0.25) is 0 Å². The molecule has 0 N–H and O–H groups in total. The van der Waals surface area contributed by atoms with Crippen molar-refractivity contribution in [3.05, 3.63) is 145 Å². The summed E-state index contributed by atoms with van der Waals surface area (Å²) in [6.45, 7) is 24.1. The molecule has 0 bridgehead atoms. The first-order valence-electron chi connectivity index (χ1n) is 17.2. The molecule has 5 rings (SSSR count). The van der Waals surface area contributed by atoms with Crippen molar-refractivity contribution in [2.75, 3.05) is 0 Å². The Balaban J connectivity index is 0. The van der Waals surface area contributed by atoms with Crippen LogP contribution in [0.4, 0.5) is 34.1 Å². The Morgan fingerprint density at radius 3 is 0.604 bits per heavy atom. The van der Waals surface area contributed by atoms with Crippen LogP contribution in [0.3, 0.4) is 0 Å². The van der Waals surface area contributed by atoms with Gasteiger partial charge in [-0.15, -0.1) is 0 Å². The normalized spacial score (nSPS) is 9.42. The van der Waals surface area contributed by atoms with Gasteiger partial charge in [0.25, 0.3) is 0 Å². The number of nitrogens with zero attached hydrogens (tertiary/aromatic N) is 6. The van der Waals surface area contributed by atoms with Crippen LogP contribution in [-0.4, -0.2) is 0 Å². The number of hydrogen-bond donors (Lipinski definition) is 0. The first-order chi connectivity index (χ1) is 23.6. The van der Waals surface area contributed by atoms with Crippen LogP contribution >= 0.6 is 0 Å². The molecule has 48 heavy (non-hydrogen) atoms. The standard InChI is InChI=1S/C19H16N4.C13H12N2.5C2H6/c1-15-7-9-17(10-8-15)21-23-19-13-11-18(12-14-19)22-20-16-5-3-2-4-6-16;1-11-7-9-13(10-8-11)15-14-12-5-3-2-4-6-12;5*1-2/h2-14H,1H3;2-10H,1H3;5*1-2H3. The molecule has 0 saturated carbocycles. The first-order valence-corrected chi connectivity index (χ1v) is 17.2. The molecular weight excluding hydrogens is 589 g/mol. The van der Waals surface area contributed by atoms with Crippen molar-refractivity contribution in [1.29, 1.82) is 0 Å². The molecule has 5 aromatic carbocycles. The molecule has 0 aliphatic carbocycles. The van der Waals surface area contributed by atoms with E-state index >= 15 is 0 Å². The molecule has 0 aliphatic rings. The Morgan fingerprint density at radius 2 is 0.396 bits per heavy atom. The fourth-order valence-corrected chi connectivity index (χ4v) is 3.14. The summed E-state index contributed by atoms with van der Waals surface area (Å²) in [6.07, 6.45) is 0. The summed E-state index contributed by atoms with van der Waals surface area (Å²) in [5.41, 5.74) is 7.42. The van der Waals surface area contributed by atoms with Gasteiger partial charge in [0, 0.05) is 0 Å². The smallest absolute Gasteiger partial charge is 0.0858 e. The average Bonchev–Trinajstić information content (AvgIpc) is 3.19. The van der Waals surface area contributed by atoms with Gasteiger partial charge < -0.3 is 0 Å². The van der Waals surface area contributed by atoms with Gasteiger partial charge in [-0.3, -0.25) is 0 Å². The minimum absolute atomic E-state index is 0.781. The molecular formula is C42H58N6. The predicted octanol–water partition coefficient (Wildman–Crippen LogP) is 16.4. The molecule has 6 heteroatoms. The van der Waals surface area contributed by atoms with Gasteiger partial charge >= 0.3 is 0 Å². The number of hydrogen-bond acceptors (Lipinski definition) is 6. The lowest BCUT2D eigenvalue weighted by Crippen LogP contribution is -1.68. The van der Waals surface area contributed by atoms with E-state index in [-0.39, 0.29) is 0 Å². The van der Waals surface area contributed by atoms with E-state index in [2.05, 4.69) is 37.6 Å². The van der Waals surface area contributed by atoms with E-state index in [1.165, 1.54) is 11.1 Å². The van der Waals surface area contributed by atoms with Crippen LogP contribution in [0, 0.1) is 13.8 Å². The molecule has 0 saturated heterocycles. The third-order valence-corrected chi connectivity index (χ3v) is 5.27. The van der Waals surface area contributed by atoms with E-state index in [0.29, 0.717) is 0 Å². The highest BCUT2D eigenvalue weighted by molar-refractivity contribution is 5.48. The van der Waals surface area contributed by atoms with Crippen LogP contribution in [-0.2, 0) is 0 Å². The number of aryl methyl sites for hydroxylation is 2. The highest BCUT2D eigenvalue weighted by Crippen LogP contribution is 2.23. The molecule has 0 heterocycles. The molecule has 6 nitrogen and oxygen atoms in total. The van der Waals surface area contributed by atoms with E-state index in [9.17, 15) is 0 Å². The summed E-state index contributed by atoms with van der Waals surface area (Å²) in [5.74, 6) is 0. The highest BCUT2D eigenvalue weighted by atomic mass is 15.1. The summed E-state index contributed by atoms with van der Waals surface area (Å²) < 4.78 is 0. The summed E-state index contributed by atoms with van der Waals surface area (Å²) in [7, 11) is 0. The Morgan fingerprint density at radius 1 is 0.229 bits per heavy atom.